The molecule has 2 fully saturated rings. The SMILES string of the molecule is CCOc1nc(N2CCC(NCC3CC3)CC2)ncc1C(=O)Nc1cn2cc(C)nc2c(C)n1. The van der Waals surface area contributed by atoms with Crippen molar-refractivity contribution in [1.29, 1.82) is 0 Å². The molecule has 0 radical (unpaired) electrons. The number of amides is 1. The van der Waals surface area contributed by atoms with Crippen molar-refractivity contribution in [1.82, 2.24) is 29.7 Å². The van der Waals surface area contributed by atoms with Gasteiger partial charge in [-0.1, -0.05) is 0 Å². The third-order valence-corrected chi connectivity index (χ3v) is 6.40. The molecule has 0 aromatic carbocycles. The molecule has 10 nitrogen and oxygen atoms in total. The summed E-state index contributed by atoms with van der Waals surface area (Å²) in [5, 5.41) is 6.55. The Balaban J connectivity index is 1.28. The van der Waals surface area contributed by atoms with E-state index in [4.69, 9.17) is 4.74 Å². The van der Waals surface area contributed by atoms with Crippen molar-refractivity contribution in [3.05, 3.63) is 35.5 Å². The van der Waals surface area contributed by atoms with Crippen LogP contribution in [0.4, 0.5) is 11.8 Å². The summed E-state index contributed by atoms with van der Waals surface area (Å²) in [4.78, 5) is 33.3. The molecule has 180 valence electrons. The van der Waals surface area contributed by atoms with E-state index in [9.17, 15) is 4.79 Å². The van der Waals surface area contributed by atoms with E-state index in [2.05, 4.69) is 35.5 Å². The smallest absolute Gasteiger partial charge is 0.263 e. The molecule has 2 N–H and O–H groups in total. The summed E-state index contributed by atoms with van der Waals surface area (Å²) in [6, 6.07) is 0.556. The average molecular weight is 465 g/mol. The summed E-state index contributed by atoms with van der Waals surface area (Å²) in [5.74, 6) is 1.85. The Labute approximate surface area is 199 Å². The van der Waals surface area contributed by atoms with Gasteiger partial charge in [0, 0.05) is 31.5 Å². The summed E-state index contributed by atoms with van der Waals surface area (Å²) in [6.07, 6.45) is 10.0. The molecule has 1 saturated heterocycles. The highest BCUT2D eigenvalue weighted by atomic mass is 16.5. The maximum Gasteiger partial charge on any atom is 0.263 e. The summed E-state index contributed by atoms with van der Waals surface area (Å²) in [5.41, 5.74) is 2.67. The van der Waals surface area contributed by atoms with Gasteiger partial charge in [-0.15, -0.1) is 0 Å². The Hall–Kier alpha value is -3.27. The van der Waals surface area contributed by atoms with Crippen molar-refractivity contribution in [3.8, 4) is 5.88 Å². The van der Waals surface area contributed by atoms with Gasteiger partial charge >= 0.3 is 0 Å². The lowest BCUT2D eigenvalue weighted by Crippen LogP contribution is -2.43. The Morgan fingerprint density at radius 3 is 2.65 bits per heavy atom. The van der Waals surface area contributed by atoms with Gasteiger partial charge in [0.25, 0.3) is 5.91 Å². The van der Waals surface area contributed by atoms with E-state index in [0.29, 0.717) is 24.4 Å². The van der Waals surface area contributed by atoms with Crippen LogP contribution < -0.4 is 20.3 Å². The molecule has 1 aliphatic carbocycles. The molecule has 0 bridgehead atoms. The van der Waals surface area contributed by atoms with E-state index in [1.807, 2.05) is 31.4 Å². The largest absolute Gasteiger partial charge is 0.477 e. The van der Waals surface area contributed by atoms with E-state index in [1.54, 1.807) is 12.4 Å². The summed E-state index contributed by atoms with van der Waals surface area (Å²) in [7, 11) is 0. The first-order valence-electron chi connectivity index (χ1n) is 12.1. The minimum absolute atomic E-state index is 0.285. The highest BCUT2D eigenvalue weighted by molar-refractivity contribution is 6.05. The van der Waals surface area contributed by atoms with Crippen LogP contribution >= 0.6 is 0 Å². The second-order valence-corrected chi connectivity index (χ2v) is 9.21. The zero-order valence-electron chi connectivity index (χ0n) is 20.0. The van der Waals surface area contributed by atoms with E-state index < -0.39 is 0 Å². The molecule has 1 aliphatic heterocycles. The Kier molecular flexibility index (Phi) is 6.32. The summed E-state index contributed by atoms with van der Waals surface area (Å²) < 4.78 is 7.59. The standard InChI is InChI=1S/C24H32N8O2/c1-4-34-23-19(22(33)29-20-14-32-13-15(2)27-21(32)16(3)28-20)12-26-24(30-23)31-9-7-18(8-10-31)25-11-17-5-6-17/h12-14,17-18,25H,4-11H2,1-3H3,(H,29,33). The number of fused-ring (bicyclic) bond motifs is 1. The normalized spacial score (nSPS) is 16.7. The first-order valence-corrected chi connectivity index (χ1v) is 12.1. The monoisotopic (exact) mass is 464 g/mol. The minimum atomic E-state index is -0.360. The summed E-state index contributed by atoms with van der Waals surface area (Å²) in [6.45, 7) is 8.97. The number of anilines is 2. The number of aryl methyl sites for hydroxylation is 2. The maximum absolute atomic E-state index is 13.1. The molecule has 0 atom stereocenters. The van der Waals surface area contributed by atoms with Gasteiger partial charge < -0.3 is 24.7 Å². The predicted molar refractivity (Wildman–Crippen MR) is 130 cm³/mol. The predicted octanol–water partition coefficient (Wildman–Crippen LogP) is 2.76. The average Bonchev–Trinajstić information content (AvgIpc) is 3.58. The lowest BCUT2D eigenvalue weighted by atomic mass is 10.1. The molecule has 4 heterocycles. The molecule has 3 aromatic rings. The van der Waals surface area contributed by atoms with E-state index >= 15 is 0 Å². The van der Waals surface area contributed by atoms with Gasteiger partial charge in [-0.3, -0.25) is 4.79 Å². The Bertz CT molecular complexity index is 1180. The highest BCUT2D eigenvalue weighted by Crippen LogP contribution is 2.28. The molecule has 1 saturated carbocycles. The molecular weight excluding hydrogens is 432 g/mol. The van der Waals surface area contributed by atoms with Gasteiger partial charge in [0.15, 0.2) is 5.65 Å². The molecule has 2 aliphatic rings. The Morgan fingerprint density at radius 1 is 1.12 bits per heavy atom. The number of piperidine rings is 1. The molecule has 34 heavy (non-hydrogen) atoms. The third kappa shape index (κ3) is 4.96. The van der Waals surface area contributed by atoms with Gasteiger partial charge in [0.1, 0.15) is 11.4 Å². The first kappa shape index (κ1) is 22.5. The number of hydrogen-bond donors (Lipinski definition) is 2. The lowest BCUT2D eigenvalue weighted by Gasteiger charge is -2.32. The van der Waals surface area contributed by atoms with Gasteiger partial charge in [-0.25, -0.2) is 15.0 Å². The van der Waals surface area contributed by atoms with Gasteiger partial charge in [-0.05, 0) is 58.9 Å². The molecule has 0 spiro atoms. The van der Waals surface area contributed by atoms with Crippen LogP contribution in [0, 0.1) is 19.8 Å². The van der Waals surface area contributed by atoms with E-state index in [-0.39, 0.29) is 17.4 Å². The number of hydrogen-bond acceptors (Lipinski definition) is 8. The van der Waals surface area contributed by atoms with Crippen LogP contribution in [-0.4, -0.2) is 62.5 Å². The number of ether oxygens (including phenoxy) is 1. The van der Waals surface area contributed by atoms with Crippen LogP contribution in [-0.2, 0) is 0 Å². The van der Waals surface area contributed by atoms with Crippen LogP contribution in [0.25, 0.3) is 5.65 Å². The fourth-order valence-electron chi connectivity index (χ4n) is 4.37. The van der Waals surface area contributed by atoms with Gasteiger partial charge in [0.2, 0.25) is 11.8 Å². The second kappa shape index (κ2) is 9.54. The molecular formula is C24H32N8O2. The van der Waals surface area contributed by atoms with Crippen molar-refractivity contribution >= 4 is 23.3 Å². The topological polar surface area (TPSA) is 110 Å². The highest BCUT2D eigenvalue weighted by Gasteiger charge is 2.26. The number of nitrogens with zero attached hydrogens (tertiary/aromatic N) is 6. The van der Waals surface area contributed by atoms with Crippen molar-refractivity contribution in [2.75, 3.05) is 36.5 Å². The molecule has 3 aromatic heterocycles. The molecule has 1 amide bonds. The van der Waals surface area contributed by atoms with Gasteiger partial charge in [0.05, 0.1) is 24.2 Å². The zero-order chi connectivity index (χ0) is 23.7. The molecule has 5 rings (SSSR count). The number of carbonyl (C=O) groups is 1. The Morgan fingerprint density at radius 2 is 1.91 bits per heavy atom. The number of carbonyl (C=O) groups excluding carboxylic acids is 1. The second-order valence-electron chi connectivity index (χ2n) is 9.21. The summed E-state index contributed by atoms with van der Waals surface area (Å²) >= 11 is 0. The maximum atomic E-state index is 13.1. The van der Waals surface area contributed by atoms with Crippen molar-refractivity contribution < 1.29 is 9.53 Å². The zero-order valence-corrected chi connectivity index (χ0v) is 20.0. The third-order valence-electron chi connectivity index (χ3n) is 6.40. The molecule has 10 heteroatoms. The number of rotatable bonds is 8. The van der Waals surface area contributed by atoms with Crippen LogP contribution in [0.15, 0.2) is 18.6 Å². The van der Waals surface area contributed by atoms with E-state index in [0.717, 1.165) is 55.4 Å². The van der Waals surface area contributed by atoms with Crippen LogP contribution in [0.5, 0.6) is 5.88 Å². The fourth-order valence-corrected chi connectivity index (χ4v) is 4.37. The first-order chi connectivity index (χ1) is 16.5. The van der Waals surface area contributed by atoms with Crippen LogP contribution in [0.2, 0.25) is 0 Å². The van der Waals surface area contributed by atoms with E-state index in [1.165, 1.54) is 12.8 Å². The quantitative estimate of drug-likeness (QED) is 0.524. The minimum Gasteiger partial charge on any atom is -0.477 e. The number of imidazole rings is 1. The number of nitrogens with one attached hydrogen (secondary N) is 2. The lowest BCUT2D eigenvalue weighted by molar-refractivity contribution is 0.102. The van der Waals surface area contributed by atoms with Crippen LogP contribution in [0.3, 0.4) is 0 Å². The number of aromatic nitrogens is 5. The molecule has 0 unspecified atom stereocenters. The van der Waals surface area contributed by atoms with Crippen molar-refractivity contribution in [2.24, 2.45) is 5.92 Å². The van der Waals surface area contributed by atoms with Crippen LogP contribution in [0.1, 0.15) is 54.4 Å². The fraction of sp³-hybridized carbons (Fsp3) is 0.542. The van der Waals surface area contributed by atoms with Crippen molar-refractivity contribution in [2.45, 2.75) is 52.5 Å². The van der Waals surface area contributed by atoms with Crippen molar-refractivity contribution in [3.63, 3.8) is 0 Å². The van der Waals surface area contributed by atoms with Gasteiger partial charge in [-0.2, -0.15) is 4.98 Å².